The van der Waals surface area contributed by atoms with Gasteiger partial charge in [0.1, 0.15) is 5.56 Å². The molecule has 1 aromatic carbocycles. The lowest BCUT2D eigenvalue weighted by molar-refractivity contribution is 0.0738. The van der Waals surface area contributed by atoms with Gasteiger partial charge in [0.2, 0.25) is 0 Å². The summed E-state index contributed by atoms with van der Waals surface area (Å²) in [7, 11) is 0. The molecule has 0 saturated heterocycles. The minimum absolute atomic E-state index is 0.396. The molecule has 0 spiro atoms. The van der Waals surface area contributed by atoms with Crippen molar-refractivity contribution in [3.63, 3.8) is 0 Å². The fourth-order valence-corrected chi connectivity index (χ4v) is 4.12. The zero-order chi connectivity index (χ0) is 19.3. The Labute approximate surface area is 164 Å². The highest BCUT2D eigenvalue weighted by molar-refractivity contribution is 6.01. The molecule has 2 aliphatic rings. The second-order valence-electron chi connectivity index (χ2n) is 7.57. The smallest absolute Gasteiger partial charge is 0.347 e. The number of pyridine rings is 2. The standard InChI is InChI=1S/C23H21N3O2/c1-14-10-18-21(24-12-14)26(19-9-5-7-16-6-3-4-8-17(16)19)22-20(28-23(18)27)11-15(2)13-25-22/h5,7,9-13H,3-4,6,8H2,1-2H3. The van der Waals surface area contributed by atoms with Crippen LogP contribution in [-0.4, -0.2) is 15.9 Å². The van der Waals surface area contributed by atoms with Crippen LogP contribution in [0.5, 0.6) is 5.75 Å². The highest BCUT2D eigenvalue weighted by Gasteiger charge is 2.32. The van der Waals surface area contributed by atoms with E-state index in [1.165, 1.54) is 17.5 Å². The highest BCUT2D eigenvalue weighted by Crippen LogP contribution is 2.45. The SMILES string of the molecule is Cc1cnc2c(c1)OC(=O)c1cc(C)cnc1N2c1cccc2c1CCCC2. The van der Waals surface area contributed by atoms with Crippen molar-refractivity contribution in [1.29, 1.82) is 0 Å². The molecule has 1 aliphatic heterocycles. The maximum Gasteiger partial charge on any atom is 0.347 e. The molecule has 0 radical (unpaired) electrons. The maximum absolute atomic E-state index is 12.9. The molecular weight excluding hydrogens is 350 g/mol. The summed E-state index contributed by atoms with van der Waals surface area (Å²) in [5.41, 5.74) is 6.03. The molecular formula is C23H21N3O2. The molecule has 0 bridgehead atoms. The van der Waals surface area contributed by atoms with Gasteiger partial charge in [-0.2, -0.15) is 0 Å². The van der Waals surface area contributed by atoms with Crippen LogP contribution in [0.2, 0.25) is 0 Å². The molecule has 0 saturated carbocycles. The van der Waals surface area contributed by atoms with Crippen LogP contribution in [0.4, 0.5) is 17.3 Å². The number of hydrogen-bond donors (Lipinski definition) is 0. The lowest BCUT2D eigenvalue weighted by Gasteiger charge is -2.28. The van der Waals surface area contributed by atoms with Gasteiger partial charge in [-0.15, -0.1) is 0 Å². The third-order valence-corrected chi connectivity index (χ3v) is 5.43. The Morgan fingerprint density at radius 3 is 2.57 bits per heavy atom. The van der Waals surface area contributed by atoms with Gasteiger partial charge in [-0.05, 0) is 80.0 Å². The molecule has 5 nitrogen and oxygen atoms in total. The molecule has 3 aromatic rings. The summed E-state index contributed by atoms with van der Waals surface area (Å²) >= 11 is 0. The number of carbonyl (C=O) groups excluding carboxylic acids is 1. The van der Waals surface area contributed by atoms with E-state index in [1.807, 2.05) is 30.9 Å². The second-order valence-corrected chi connectivity index (χ2v) is 7.57. The van der Waals surface area contributed by atoms with Gasteiger partial charge in [0.15, 0.2) is 17.4 Å². The van der Waals surface area contributed by atoms with Crippen molar-refractivity contribution < 1.29 is 9.53 Å². The molecule has 0 N–H and O–H groups in total. The first kappa shape index (κ1) is 16.9. The van der Waals surface area contributed by atoms with Gasteiger partial charge in [0.25, 0.3) is 0 Å². The number of aryl methyl sites for hydroxylation is 3. The summed E-state index contributed by atoms with van der Waals surface area (Å²) in [6, 6.07) is 10.1. The van der Waals surface area contributed by atoms with Crippen molar-refractivity contribution in [2.24, 2.45) is 0 Å². The van der Waals surface area contributed by atoms with Crippen LogP contribution in [-0.2, 0) is 12.8 Å². The van der Waals surface area contributed by atoms with E-state index in [2.05, 4.69) is 28.2 Å². The molecule has 3 heterocycles. The Hall–Kier alpha value is -3.21. The van der Waals surface area contributed by atoms with Gasteiger partial charge in [0, 0.05) is 12.4 Å². The normalized spacial score (nSPS) is 15.2. The predicted octanol–water partition coefficient (Wildman–Crippen LogP) is 4.97. The number of aromatic nitrogens is 2. The fourth-order valence-electron chi connectivity index (χ4n) is 4.12. The molecule has 5 heteroatoms. The average molecular weight is 371 g/mol. The number of hydrogen-bond acceptors (Lipinski definition) is 5. The third kappa shape index (κ3) is 2.66. The van der Waals surface area contributed by atoms with Crippen molar-refractivity contribution in [2.75, 3.05) is 4.90 Å². The minimum atomic E-state index is -0.396. The molecule has 0 atom stereocenters. The first-order valence-electron chi connectivity index (χ1n) is 9.68. The average Bonchev–Trinajstić information content (AvgIpc) is 2.81. The lowest BCUT2D eigenvalue weighted by Crippen LogP contribution is -2.18. The van der Waals surface area contributed by atoms with Gasteiger partial charge in [-0.1, -0.05) is 12.1 Å². The van der Waals surface area contributed by atoms with Gasteiger partial charge >= 0.3 is 5.97 Å². The van der Waals surface area contributed by atoms with Crippen molar-refractivity contribution in [3.8, 4) is 5.75 Å². The molecule has 0 fully saturated rings. The molecule has 0 amide bonds. The number of fused-ring (bicyclic) bond motifs is 3. The highest BCUT2D eigenvalue weighted by atomic mass is 16.5. The summed E-state index contributed by atoms with van der Waals surface area (Å²) in [5.74, 6) is 1.25. The zero-order valence-electron chi connectivity index (χ0n) is 16.0. The Balaban J connectivity index is 1.82. The van der Waals surface area contributed by atoms with E-state index in [4.69, 9.17) is 4.74 Å². The third-order valence-electron chi connectivity index (χ3n) is 5.43. The first-order chi connectivity index (χ1) is 13.6. The van der Waals surface area contributed by atoms with Crippen molar-refractivity contribution in [1.82, 2.24) is 9.97 Å². The van der Waals surface area contributed by atoms with E-state index in [9.17, 15) is 4.79 Å². The number of esters is 1. The first-order valence-corrected chi connectivity index (χ1v) is 9.68. The van der Waals surface area contributed by atoms with Crippen LogP contribution >= 0.6 is 0 Å². The number of carbonyl (C=O) groups is 1. The van der Waals surface area contributed by atoms with Crippen molar-refractivity contribution in [2.45, 2.75) is 39.5 Å². The largest absolute Gasteiger partial charge is 0.419 e. The monoisotopic (exact) mass is 371 g/mol. The van der Waals surface area contributed by atoms with Gasteiger partial charge in [-0.3, -0.25) is 4.90 Å². The quantitative estimate of drug-likeness (QED) is 0.565. The van der Waals surface area contributed by atoms with E-state index in [-0.39, 0.29) is 0 Å². The molecule has 28 heavy (non-hydrogen) atoms. The van der Waals surface area contributed by atoms with Crippen molar-refractivity contribution >= 4 is 23.3 Å². The molecule has 2 aromatic heterocycles. The Morgan fingerprint density at radius 1 is 0.964 bits per heavy atom. The Kier molecular flexibility index (Phi) is 3.90. The number of rotatable bonds is 1. The van der Waals surface area contributed by atoms with Crippen molar-refractivity contribution in [3.05, 3.63) is 70.5 Å². The topological polar surface area (TPSA) is 55.3 Å². The van der Waals surface area contributed by atoms with Crippen LogP contribution < -0.4 is 9.64 Å². The van der Waals surface area contributed by atoms with E-state index in [1.54, 1.807) is 12.4 Å². The number of benzene rings is 1. The van der Waals surface area contributed by atoms with E-state index in [0.29, 0.717) is 22.9 Å². The number of ether oxygens (including phenoxy) is 1. The summed E-state index contributed by atoms with van der Waals surface area (Å²) in [6.45, 7) is 3.87. The summed E-state index contributed by atoms with van der Waals surface area (Å²) in [6.07, 6.45) is 8.05. The Bertz CT molecular complexity index is 1110. The lowest BCUT2D eigenvalue weighted by atomic mass is 9.90. The molecule has 0 unspecified atom stereocenters. The predicted molar refractivity (Wildman–Crippen MR) is 108 cm³/mol. The summed E-state index contributed by atoms with van der Waals surface area (Å²) < 4.78 is 5.73. The number of anilines is 3. The maximum atomic E-state index is 12.9. The second kappa shape index (κ2) is 6.44. The van der Waals surface area contributed by atoms with E-state index < -0.39 is 5.97 Å². The van der Waals surface area contributed by atoms with E-state index in [0.717, 1.165) is 36.1 Å². The molecule has 140 valence electrons. The van der Waals surface area contributed by atoms with Crippen LogP contribution in [0.1, 0.15) is 45.5 Å². The Morgan fingerprint density at radius 2 is 1.71 bits per heavy atom. The summed E-state index contributed by atoms with van der Waals surface area (Å²) in [4.78, 5) is 24.2. The van der Waals surface area contributed by atoms with Crippen LogP contribution in [0.3, 0.4) is 0 Å². The van der Waals surface area contributed by atoms with Gasteiger partial charge < -0.3 is 4.74 Å². The zero-order valence-corrected chi connectivity index (χ0v) is 16.0. The van der Waals surface area contributed by atoms with Crippen LogP contribution in [0, 0.1) is 13.8 Å². The van der Waals surface area contributed by atoms with Gasteiger partial charge in [0.05, 0.1) is 5.69 Å². The number of nitrogens with zero attached hydrogens (tertiary/aromatic N) is 3. The van der Waals surface area contributed by atoms with Crippen LogP contribution in [0.15, 0.2) is 42.7 Å². The summed E-state index contributed by atoms with van der Waals surface area (Å²) in [5, 5.41) is 0. The fraction of sp³-hybridized carbons (Fsp3) is 0.261. The van der Waals surface area contributed by atoms with Crippen LogP contribution in [0.25, 0.3) is 0 Å². The minimum Gasteiger partial charge on any atom is -0.419 e. The van der Waals surface area contributed by atoms with E-state index >= 15 is 0 Å². The molecule has 5 rings (SSSR count). The molecule has 1 aliphatic carbocycles. The van der Waals surface area contributed by atoms with Gasteiger partial charge in [-0.25, -0.2) is 14.8 Å².